The van der Waals surface area contributed by atoms with E-state index in [1.165, 1.54) is 127 Å². The normalized spacial score (nSPS) is 11.5. The van der Waals surface area contributed by atoms with Crippen LogP contribution >= 0.6 is 0 Å². The van der Waals surface area contributed by atoms with Crippen LogP contribution in [-0.4, -0.2) is 49.1 Å². The van der Waals surface area contributed by atoms with Gasteiger partial charge in [0.2, 0.25) is 0 Å². The maximum Gasteiger partial charge on any atom is -0.00189 e. The number of unbranched alkanes of at least 4 members (excludes halogenated alkanes) is 7. The van der Waals surface area contributed by atoms with Crippen molar-refractivity contribution >= 4 is 0 Å². The molecule has 2 aromatic rings. The maximum atomic E-state index is 2.66. The molecule has 0 saturated heterocycles. The molecule has 2 heteroatoms. The van der Waals surface area contributed by atoms with Crippen LogP contribution in [0, 0.1) is 0 Å². The Morgan fingerprint density at radius 2 is 0.735 bits per heavy atom. The topological polar surface area (TPSA) is 6.48 Å². The lowest BCUT2D eigenvalue weighted by Gasteiger charge is -2.21. The van der Waals surface area contributed by atoms with Gasteiger partial charge in [-0.3, -0.25) is 0 Å². The van der Waals surface area contributed by atoms with E-state index < -0.39 is 0 Å². The molecule has 2 nitrogen and oxygen atoms in total. The molecule has 0 unspecified atom stereocenters. The van der Waals surface area contributed by atoms with Crippen LogP contribution in [0.4, 0.5) is 0 Å². The van der Waals surface area contributed by atoms with Crippen LogP contribution in [0.25, 0.3) is 0 Å². The Morgan fingerprint density at radius 3 is 1.06 bits per heavy atom. The SMILES string of the molecule is CCN(CCCCCCN(CC)CCCCCc1ccccc1)CCCCCc1ccccc1. The van der Waals surface area contributed by atoms with Crippen molar-refractivity contribution in [1.29, 1.82) is 0 Å². The van der Waals surface area contributed by atoms with Crippen LogP contribution in [0.15, 0.2) is 60.7 Å². The van der Waals surface area contributed by atoms with Crippen LogP contribution in [0.3, 0.4) is 0 Å². The van der Waals surface area contributed by atoms with E-state index in [0.29, 0.717) is 0 Å². The number of rotatable bonds is 21. The number of benzene rings is 2. The minimum atomic E-state index is 1.20. The third-order valence-corrected chi connectivity index (χ3v) is 7.16. The summed E-state index contributed by atoms with van der Waals surface area (Å²) in [6, 6.07) is 21.9. The fraction of sp³-hybridized carbons (Fsp3) is 0.625. The average molecular weight is 465 g/mol. The fourth-order valence-electron chi connectivity index (χ4n) is 4.85. The monoisotopic (exact) mass is 464 g/mol. The summed E-state index contributed by atoms with van der Waals surface area (Å²) >= 11 is 0. The van der Waals surface area contributed by atoms with Crippen LogP contribution in [0.1, 0.15) is 89.2 Å². The predicted octanol–water partition coefficient (Wildman–Crippen LogP) is 8.02. The van der Waals surface area contributed by atoms with E-state index in [1.807, 2.05) is 0 Å². The Labute approximate surface area is 211 Å². The first-order chi connectivity index (χ1) is 16.8. The van der Waals surface area contributed by atoms with Gasteiger partial charge in [0, 0.05) is 0 Å². The highest BCUT2D eigenvalue weighted by Gasteiger charge is 2.04. The highest BCUT2D eigenvalue weighted by molar-refractivity contribution is 5.15. The summed E-state index contributed by atoms with van der Waals surface area (Å²) in [5.74, 6) is 0. The van der Waals surface area contributed by atoms with Crippen LogP contribution in [0.2, 0.25) is 0 Å². The largest absolute Gasteiger partial charge is 0.304 e. The molecule has 0 aliphatic carbocycles. The molecule has 0 fully saturated rings. The smallest absolute Gasteiger partial charge is 0.00189 e. The van der Waals surface area contributed by atoms with Crippen molar-refractivity contribution in [3.05, 3.63) is 71.8 Å². The predicted molar refractivity (Wildman–Crippen MR) is 151 cm³/mol. The fourth-order valence-corrected chi connectivity index (χ4v) is 4.85. The third kappa shape index (κ3) is 13.9. The minimum Gasteiger partial charge on any atom is -0.304 e. The summed E-state index contributed by atoms with van der Waals surface area (Å²) < 4.78 is 0. The highest BCUT2D eigenvalue weighted by atomic mass is 15.1. The second-order valence-corrected chi connectivity index (χ2v) is 9.88. The van der Waals surface area contributed by atoms with Gasteiger partial charge in [-0.1, -0.05) is 100 Å². The molecule has 0 aliphatic heterocycles. The Hall–Kier alpha value is -1.64. The van der Waals surface area contributed by atoms with Crippen molar-refractivity contribution in [3.63, 3.8) is 0 Å². The van der Waals surface area contributed by atoms with E-state index in [-0.39, 0.29) is 0 Å². The Kier molecular flexibility index (Phi) is 16.5. The van der Waals surface area contributed by atoms with Crippen molar-refractivity contribution in [2.75, 3.05) is 39.3 Å². The Balaban J connectivity index is 1.41. The minimum absolute atomic E-state index is 1.20. The molecule has 0 aromatic heterocycles. The lowest BCUT2D eigenvalue weighted by molar-refractivity contribution is 0.262. The van der Waals surface area contributed by atoms with Crippen molar-refractivity contribution in [3.8, 4) is 0 Å². The van der Waals surface area contributed by atoms with Crippen molar-refractivity contribution in [1.82, 2.24) is 9.80 Å². The molecule has 2 aromatic carbocycles. The molecule has 0 spiro atoms. The van der Waals surface area contributed by atoms with Crippen LogP contribution in [0.5, 0.6) is 0 Å². The molecule has 2 rings (SSSR count). The average Bonchev–Trinajstić information content (AvgIpc) is 2.89. The van der Waals surface area contributed by atoms with Gasteiger partial charge in [-0.25, -0.2) is 0 Å². The van der Waals surface area contributed by atoms with E-state index in [1.54, 1.807) is 0 Å². The van der Waals surface area contributed by atoms with Crippen molar-refractivity contribution < 1.29 is 0 Å². The molecular weight excluding hydrogens is 412 g/mol. The maximum absolute atomic E-state index is 2.66. The van der Waals surface area contributed by atoms with E-state index >= 15 is 0 Å². The Morgan fingerprint density at radius 1 is 0.412 bits per heavy atom. The van der Waals surface area contributed by atoms with Gasteiger partial charge in [-0.2, -0.15) is 0 Å². The summed E-state index contributed by atoms with van der Waals surface area (Å²) in [6.45, 7) is 12.2. The van der Waals surface area contributed by atoms with E-state index in [2.05, 4.69) is 84.3 Å². The lowest BCUT2D eigenvalue weighted by atomic mass is 10.1. The zero-order chi connectivity index (χ0) is 24.1. The summed E-state index contributed by atoms with van der Waals surface area (Å²) in [5, 5.41) is 0. The van der Waals surface area contributed by atoms with Crippen molar-refractivity contribution in [2.24, 2.45) is 0 Å². The zero-order valence-corrected chi connectivity index (χ0v) is 22.4. The first-order valence-corrected chi connectivity index (χ1v) is 14.3. The second-order valence-electron chi connectivity index (χ2n) is 9.88. The number of aryl methyl sites for hydroxylation is 2. The number of hydrogen-bond donors (Lipinski definition) is 0. The molecule has 0 radical (unpaired) electrons. The third-order valence-electron chi connectivity index (χ3n) is 7.16. The zero-order valence-electron chi connectivity index (χ0n) is 22.4. The molecule has 0 atom stereocenters. The van der Waals surface area contributed by atoms with Gasteiger partial charge in [0.05, 0.1) is 0 Å². The molecule has 0 saturated carbocycles. The molecule has 0 amide bonds. The summed E-state index contributed by atoms with van der Waals surface area (Å²) in [5.41, 5.74) is 2.97. The first kappa shape index (κ1) is 28.6. The molecule has 34 heavy (non-hydrogen) atoms. The first-order valence-electron chi connectivity index (χ1n) is 14.3. The van der Waals surface area contributed by atoms with Gasteiger partial charge in [0.25, 0.3) is 0 Å². The van der Waals surface area contributed by atoms with Gasteiger partial charge < -0.3 is 9.80 Å². The standard InChI is InChI=1S/C32H52N2/c1-3-33(29-19-9-15-25-31-21-11-7-12-22-31)27-17-5-6-18-28-34(4-2)30-20-10-16-26-32-23-13-8-14-24-32/h7-8,11-14,21-24H,3-6,9-10,15-20,25-30H2,1-2H3. The highest BCUT2D eigenvalue weighted by Crippen LogP contribution is 2.10. The van der Waals surface area contributed by atoms with Gasteiger partial charge in [-0.05, 0) is 102 Å². The van der Waals surface area contributed by atoms with Crippen molar-refractivity contribution in [2.45, 2.75) is 90.9 Å². The lowest BCUT2D eigenvalue weighted by Crippen LogP contribution is -2.26. The van der Waals surface area contributed by atoms with Crippen LogP contribution in [-0.2, 0) is 12.8 Å². The summed E-state index contributed by atoms with van der Waals surface area (Å²) in [4.78, 5) is 5.33. The molecule has 0 heterocycles. The van der Waals surface area contributed by atoms with Crippen LogP contribution < -0.4 is 0 Å². The molecule has 0 N–H and O–H groups in total. The van der Waals surface area contributed by atoms with Gasteiger partial charge >= 0.3 is 0 Å². The van der Waals surface area contributed by atoms with E-state index in [0.717, 1.165) is 0 Å². The molecule has 190 valence electrons. The quantitative estimate of drug-likeness (QED) is 0.173. The number of hydrogen-bond acceptors (Lipinski definition) is 2. The van der Waals surface area contributed by atoms with Gasteiger partial charge in [0.1, 0.15) is 0 Å². The summed E-state index contributed by atoms with van der Waals surface area (Å²) in [6.07, 6.45) is 16.0. The second kappa shape index (κ2) is 19.6. The molecule has 0 aliphatic rings. The Bertz CT molecular complexity index is 623. The van der Waals surface area contributed by atoms with Gasteiger partial charge in [-0.15, -0.1) is 0 Å². The molecular formula is C32H52N2. The number of nitrogens with zero attached hydrogens (tertiary/aromatic N) is 2. The van der Waals surface area contributed by atoms with E-state index in [4.69, 9.17) is 0 Å². The summed E-state index contributed by atoms with van der Waals surface area (Å²) in [7, 11) is 0. The molecule has 0 bridgehead atoms. The van der Waals surface area contributed by atoms with E-state index in [9.17, 15) is 0 Å². The van der Waals surface area contributed by atoms with Gasteiger partial charge in [0.15, 0.2) is 0 Å².